The summed E-state index contributed by atoms with van der Waals surface area (Å²) in [6.45, 7) is 8.11. The molecule has 172 valence electrons. The summed E-state index contributed by atoms with van der Waals surface area (Å²) in [5.74, 6) is -0.934. The van der Waals surface area contributed by atoms with E-state index in [2.05, 4.69) is 18.9 Å². The van der Waals surface area contributed by atoms with Crippen molar-refractivity contribution < 1.29 is 19.1 Å². The molecule has 1 saturated carbocycles. The fraction of sp³-hybridized carbons (Fsp3) is 0.440. The molecule has 0 spiro atoms. The van der Waals surface area contributed by atoms with E-state index in [-0.39, 0.29) is 46.3 Å². The number of para-hydroxylation sites is 1. The van der Waals surface area contributed by atoms with Crippen molar-refractivity contribution in [2.75, 3.05) is 6.61 Å². The van der Waals surface area contributed by atoms with Crippen molar-refractivity contribution in [1.82, 2.24) is 14.3 Å². The highest BCUT2D eigenvalue weighted by atomic mass is 16.6. The molecule has 0 aromatic heterocycles. The van der Waals surface area contributed by atoms with Gasteiger partial charge in [-0.15, -0.1) is 0 Å². The molecule has 33 heavy (non-hydrogen) atoms. The zero-order valence-electron chi connectivity index (χ0n) is 19.2. The maximum atomic E-state index is 13.3. The van der Waals surface area contributed by atoms with Gasteiger partial charge < -0.3 is 14.0 Å². The zero-order valence-corrected chi connectivity index (χ0v) is 19.2. The molecule has 4 aliphatic rings. The molecule has 1 aliphatic carbocycles. The van der Waals surface area contributed by atoms with Gasteiger partial charge in [0.1, 0.15) is 22.9 Å². The average molecular weight is 450 g/mol. The normalized spacial score (nSPS) is 25.8. The van der Waals surface area contributed by atoms with Crippen molar-refractivity contribution in [3.63, 3.8) is 0 Å². The number of nitrogens with zero attached hydrogens (tertiary/aromatic N) is 3. The second kappa shape index (κ2) is 7.30. The molecule has 1 aromatic rings. The molecule has 3 heterocycles. The van der Waals surface area contributed by atoms with Crippen LogP contribution in [0.3, 0.4) is 0 Å². The van der Waals surface area contributed by atoms with Crippen LogP contribution in [0.15, 0.2) is 47.5 Å². The fourth-order valence-corrected chi connectivity index (χ4v) is 5.41. The first-order chi connectivity index (χ1) is 15.7. The topological polar surface area (TPSA) is 92.4 Å². The predicted molar refractivity (Wildman–Crippen MR) is 120 cm³/mol. The van der Waals surface area contributed by atoms with Crippen molar-refractivity contribution in [1.29, 1.82) is 0 Å². The number of aromatic nitrogens is 3. The minimum absolute atomic E-state index is 0.000478. The molecule has 0 N–H and O–H groups in total. The molecule has 8 heteroatoms. The van der Waals surface area contributed by atoms with E-state index in [1.165, 1.54) is 4.68 Å². The molecule has 5 rings (SSSR count). The molecule has 0 unspecified atom stereocenters. The summed E-state index contributed by atoms with van der Waals surface area (Å²) in [5, 5.41) is 4.45. The standard InChI is InChI=1S/C25H27N3O5/c1-5-32-22(30)17-14-27(20-18-11-12-25(4,24(18,2)3)33-23(20)31)13-16-19(17)26-28(21(16)29)15-9-7-6-8-10-15/h6-10,13-14,18,20H,5,11-12H2,1-4H3/t18-,20+,25-/m1/s1. The largest absolute Gasteiger partial charge is 0.462 e. The Kier molecular flexibility index (Phi) is 4.74. The summed E-state index contributed by atoms with van der Waals surface area (Å²) >= 11 is 0. The van der Waals surface area contributed by atoms with Gasteiger partial charge in [0.2, 0.25) is 0 Å². The number of fused-ring (bicyclic) bond motifs is 3. The van der Waals surface area contributed by atoms with Crippen LogP contribution in [0, 0.1) is 11.3 Å². The number of hydrogen-bond donors (Lipinski definition) is 0. The Hall–Kier alpha value is -3.42. The smallest absolute Gasteiger partial charge is 0.341 e. The summed E-state index contributed by atoms with van der Waals surface area (Å²) in [6, 6.07) is 8.36. The summed E-state index contributed by atoms with van der Waals surface area (Å²) in [6.07, 6.45) is 4.79. The third-order valence-electron chi connectivity index (χ3n) is 7.68. The first-order valence-electron chi connectivity index (χ1n) is 11.3. The van der Waals surface area contributed by atoms with Crippen LogP contribution >= 0.6 is 0 Å². The molecule has 0 amide bonds. The second-order valence-corrected chi connectivity index (χ2v) is 9.62. The lowest BCUT2D eigenvalue weighted by Gasteiger charge is -2.48. The van der Waals surface area contributed by atoms with Crippen LogP contribution in [-0.4, -0.2) is 38.5 Å². The number of rotatable bonds is 4. The minimum Gasteiger partial charge on any atom is -0.462 e. The predicted octanol–water partition coefficient (Wildman–Crippen LogP) is 3.61. The Bertz CT molecular complexity index is 1270. The van der Waals surface area contributed by atoms with E-state index in [4.69, 9.17) is 9.47 Å². The number of pyridine rings is 1. The molecule has 1 saturated heterocycles. The van der Waals surface area contributed by atoms with Crippen molar-refractivity contribution in [2.45, 2.75) is 52.2 Å². The highest BCUT2D eigenvalue weighted by Crippen LogP contribution is 2.59. The lowest BCUT2D eigenvalue weighted by molar-refractivity contribution is -0.191. The third kappa shape index (κ3) is 3.03. The Morgan fingerprint density at radius 2 is 1.91 bits per heavy atom. The van der Waals surface area contributed by atoms with Crippen molar-refractivity contribution in [2.24, 2.45) is 11.3 Å². The van der Waals surface area contributed by atoms with Gasteiger partial charge in [-0.05, 0) is 44.7 Å². The molecule has 2 bridgehead atoms. The van der Waals surface area contributed by atoms with Gasteiger partial charge in [0.25, 0.3) is 5.56 Å². The van der Waals surface area contributed by atoms with E-state index in [1.54, 1.807) is 36.0 Å². The molecule has 0 radical (unpaired) electrons. The molecular formula is C25H27N3O5. The van der Waals surface area contributed by atoms with Gasteiger partial charge in [-0.2, -0.15) is 9.78 Å². The van der Waals surface area contributed by atoms with Gasteiger partial charge in [-0.3, -0.25) is 4.79 Å². The molecule has 8 nitrogen and oxygen atoms in total. The summed E-state index contributed by atoms with van der Waals surface area (Å²) in [5.41, 5.74) is 0.0896. The van der Waals surface area contributed by atoms with Crippen LogP contribution < -0.4 is 5.56 Å². The fourth-order valence-electron chi connectivity index (χ4n) is 5.41. The Morgan fingerprint density at radius 3 is 2.61 bits per heavy atom. The SMILES string of the molecule is CCOC(=O)c1cn([C@@H]2C(=O)O[C@]3(C)CC[C@H]2C3(C)C)cc2c(=O)n(-c3ccccc3)nc1-2. The minimum atomic E-state index is -0.646. The lowest BCUT2D eigenvalue weighted by atomic mass is 9.68. The number of carbonyl (C=O) groups is 2. The highest BCUT2D eigenvalue weighted by molar-refractivity contribution is 5.96. The Morgan fingerprint density at radius 1 is 1.18 bits per heavy atom. The number of carbonyl (C=O) groups excluding carboxylic acids is 2. The average Bonchev–Trinajstić information content (AvgIpc) is 3.16. The highest BCUT2D eigenvalue weighted by Gasteiger charge is 2.62. The first kappa shape index (κ1) is 21.4. The summed E-state index contributed by atoms with van der Waals surface area (Å²) < 4.78 is 14.1. The van der Waals surface area contributed by atoms with Crippen LogP contribution in [0.25, 0.3) is 16.9 Å². The van der Waals surface area contributed by atoms with Crippen molar-refractivity contribution in [3.8, 4) is 16.9 Å². The second-order valence-electron chi connectivity index (χ2n) is 9.62. The Balaban J connectivity index is 1.72. The number of benzene rings is 1. The van der Waals surface area contributed by atoms with Crippen LogP contribution in [0.5, 0.6) is 0 Å². The number of ether oxygens (including phenoxy) is 2. The van der Waals surface area contributed by atoms with Gasteiger partial charge in [0.15, 0.2) is 0 Å². The van der Waals surface area contributed by atoms with E-state index in [0.717, 1.165) is 12.8 Å². The molecule has 3 atom stereocenters. The third-order valence-corrected chi connectivity index (χ3v) is 7.68. The van der Waals surface area contributed by atoms with E-state index >= 15 is 0 Å². The molecule has 1 aromatic carbocycles. The summed E-state index contributed by atoms with van der Waals surface area (Å²) in [7, 11) is 0. The molecule has 3 aliphatic heterocycles. The van der Waals surface area contributed by atoms with Crippen LogP contribution in [0.1, 0.15) is 56.9 Å². The van der Waals surface area contributed by atoms with Gasteiger partial charge >= 0.3 is 11.9 Å². The van der Waals surface area contributed by atoms with Crippen molar-refractivity contribution >= 4 is 11.9 Å². The van der Waals surface area contributed by atoms with Crippen LogP contribution in [0.4, 0.5) is 0 Å². The maximum Gasteiger partial charge on any atom is 0.341 e. The quantitative estimate of drug-likeness (QED) is 0.565. The van der Waals surface area contributed by atoms with Crippen LogP contribution in [-0.2, 0) is 14.3 Å². The number of hydrogen-bond acceptors (Lipinski definition) is 6. The zero-order chi connectivity index (χ0) is 23.5. The molecular weight excluding hydrogens is 422 g/mol. The van der Waals surface area contributed by atoms with E-state index in [9.17, 15) is 14.4 Å². The van der Waals surface area contributed by atoms with Crippen molar-refractivity contribution in [3.05, 3.63) is 58.6 Å². The summed E-state index contributed by atoms with van der Waals surface area (Å²) in [4.78, 5) is 39.3. The van der Waals surface area contributed by atoms with Gasteiger partial charge in [-0.25, -0.2) is 9.59 Å². The van der Waals surface area contributed by atoms with E-state index in [1.807, 2.05) is 25.1 Å². The first-order valence-corrected chi connectivity index (χ1v) is 11.3. The van der Waals surface area contributed by atoms with Gasteiger partial charge in [0.05, 0.1) is 17.9 Å². The van der Waals surface area contributed by atoms with Gasteiger partial charge in [0, 0.05) is 17.8 Å². The monoisotopic (exact) mass is 449 g/mol. The lowest BCUT2D eigenvalue weighted by Crippen LogP contribution is -2.53. The number of esters is 2. The molecule has 2 fully saturated rings. The van der Waals surface area contributed by atoms with E-state index in [0.29, 0.717) is 5.69 Å². The van der Waals surface area contributed by atoms with Gasteiger partial charge in [-0.1, -0.05) is 32.0 Å². The Labute approximate surface area is 191 Å². The van der Waals surface area contributed by atoms with E-state index < -0.39 is 17.6 Å². The maximum absolute atomic E-state index is 13.3. The van der Waals surface area contributed by atoms with Crippen LogP contribution in [0.2, 0.25) is 0 Å².